The first-order valence-electron chi connectivity index (χ1n) is 5.83. The molecule has 0 aliphatic heterocycles. The molecule has 0 unspecified atom stereocenters. The SMILES string of the molecule is Cc1nn(C)c2c1nc(N)n2-c1c(F)c(F)cc(F)c1F. The van der Waals surface area contributed by atoms with Crippen molar-refractivity contribution in [1.82, 2.24) is 19.3 Å². The summed E-state index contributed by atoms with van der Waals surface area (Å²) in [5.74, 6) is -6.46. The van der Waals surface area contributed by atoms with E-state index in [2.05, 4.69) is 10.1 Å². The van der Waals surface area contributed by atoms with Crippen molar-refractivity contribution >= 4 is 17.1 Å². The van der Waals surface area contributed by atoms with Crippen molar-refractivity contribution in [2.24, 2.45) is 7.05 Å². The molecule has 0 saturated carbocycles. The van der Waals surface area contributed by atoms with Crippen LogP contribution in [-0.4, -0.2) is 19.3 Å². The largest absolute Gasteiger partial charge is 0.369 e. The molecule has 9 heteroatoms. The van der Waals surface area contributed by atoms with Crippen LogP contribution >= 0.6 is 0 Å². The first-order valence-corrected chi connectivity index (χ1v) is 5.83. The maximum Gasteiger partial charge on any atom is 0.207 e. The number of nitrogens with two attached hydrogens (primary N) is 1. The van der Waals surface area contributed by atoms with Crippen LogP contribution in [0.25, 0.3) is 16.9 Å². The van der Waals surface area contributed by atoms with Gasteiger partial charge in [0.25, 0.3) is 0 Å². The summed E-state index contributed by atoms with van der Waals surface area (Å²) in [5, 5.41) is 4.03. The summed E-state index contributed by atoms with van der Waals surface area (Å²) in [6.45, 7) is 1.62. The van der Waals surface area contributed by atoms with Gasteiger partial charge in [0, 0.05) is 13.1 Å². The van der Waals surface area contributed by atoms with Crippen molar-refractivity contribution in [2.75, 3.05) is 5.73 Å². The number of fused-ring (bicyclic) bond motifs is 1. The fourth-order valence-corrected chi connectivity index (χ4v) is 2.27. The summed E-state index contributed by atoms with van der Waals surface area (Å²) in [4.78, 5) is 3.93. The lowest BCUT2D eigenvalue weighted by molar-refractivity contribution is 0.448. The Labute approximate surface area is 115 Å². The number of anilines is 1. The molecule has 0 bridgehead atoms. The van der Waals surface area contributed by atoms with Crippen molar-refractivity contribution in [3.8, 4) is 5.69 Å². The molecule has 110 valence electrons. The van der Waals surface area contributed by atoms with Crippen LogP contribution in [0.5, 0.6) is 0 Å². The average Bonchev–Trinajstić information content (AvgIpc) is 2.87. The van der Waals surface area contributed by atoms with Crippen LogP contribution in [0.2, 0.25) is 0 Å². The van der Waals surface area contributed by atoms with Crippen LogP contribution in [0.1, 0.15) is 5.69 Å². The highest BCUT2D eigenvalue weighted by molar-refractivity contribution is 5.80. The molecule has 0 radical (unpaired) electrons. The van der Waals surface area contributed by atoms with E-state index in [0.717, 1.165) is 4.57 Å². The van der Waals surface area contributed by atoms with Crippen LogP contribution in [0.15, 0.2) is 6.07 Å². The highest BCUT2D eigenvalue weighted by Crippen LogP contribution is 2.30. The molecule has 0 fully saturated rings. The number of benzene rings is 1. The Kier molecular flexibility index (Phi) is 2.68. The molecule has 0 spiro atoms. The van der Waals surface area contributed by atoms with E-state index in [1.54, 1.807) is 6.92 Å². The van der Waals surface area contributed by atoms with Crippen molar-refractivity contribution in [3.05, 3.63) is 35.0 Å². The summed E-state index contributed by atoms with van der Waals surface area (Å²) in [5.41, 5.74) is 5.57. The summed E-state index contributed by atoms with van der Waals surface area (Å²) >= 11 is 0. The van der Waals surface area contributed by atoms with Gasteiger partial charge in [-0.3, -0.25) is 4.57 Å². The Morgan fingerprint density at radius 3 is 2.24 bits per heavy atom. The van der Waals surface area contributed by atoms with E-state index in [1.807, 2.05) is 0 Å². The fraction of sp³-hybridized carbons (Fsp3) is 0.167. The predicted octanol–water partition coefficient (Wildman–Crippen LogP) is 2.21. The smallest absolute Gasteiger partial charge is 0.207 e. The van der Waals surface area contributed by atoms with Gasteiger partial charge >= 0.3 is 0 Å². The minimum atomic E-state index is -1.56. The lowest BCUT2D eigenvalue weighted by atomic mass is 10.2. The van der Waals surface area contributed by atoms with E-state index in [1.165, 1.54) is 11.7 Å². The van der Waals surface area contributed by atoms with Crippen molar-refractivity contribution in [2.45, 2.75) is 6.92 Å². The molecule has 0 aliphatic carbocycles. The standard InChI is InChI=1S/C12H9F4N5/c1-4-9-11(20(2)19-4)21(12(17)18-9)10-7(15)5(13)3-6(14)8(10)16/h3H,1-2H3,(H2,17,18). The molecule has 0 atom stereocenters. The van der Waals surface area contributed by atoms with E-state index in [4.69, 9.17) is 5.73 Å². The minimum absolute atomic E-state index is 0.132. The number of rotatable bonds is 1. The Morgan fingerprint density at radius 1 is 1.10 bits per heavy atom. The summed E-state index contributed by atoms with van der Waals surface area (Å²) in [6.07, 6.45) is 0. The number of aryl methyl sites for hydroxylation is 2. The number of nitrogens with zero attached hydrogens (tertiary/aromatic N) is 4. The molecule has 0 amide bonds. The molecule has 1 aromatic carbocycles. The van der Waals surface area contributed by atoms with Gasteiger partial charge in [-0.05, 0) is 6.92 Å². The van der Waals surface area contributed by atoms with E-state index >= 15 is 0 Å². The van der Waals surface area contributed by atoms with Gasteiger partial charge in [-0.25, -0.2) is 27.2 Å². The van der Waals surface area contributed by atoms with Gasteiger partial charge in [0.1, 0.15) is 11.2 Å². The summed E-state index contributed by atoms with van der Waals surface area (Å²) in [6, 6.07) is 0.132. The molecule has 3 rings (SSSR count). The van der Waals surface area contributed by atoms with Crippen molar-refractivity contribution < 1.29 is 17.6 Å². The zero-order valence-corrected chi connectivity index (χ0v) is 11.0. The third kappa shape index (κ3) is 1.70. The van der Waals surface area contributed by atoms with Crippen molar-refractivity contribution in [3.63, 3.8) is 0 Å². The van der Waals surface area contributed by atoms with E-state index in [9.17, 15) is 17.6 Å². The monoisotopic (exact) mass is 299 g/mol. The highest BCUT2D eigenvalue weighted by Gasteiger charge is 2.26. The molecule has 0 saturated heterocycles. The second-order valence-corrected chi connectivity index (χ2v) is 4.50. The summed E-state index contributed by atoms with van der Waals surface area (Å²) < 4.78 is 56.7. The zero-order valence-electron chi connectivity index (χ0n) is 11.0. The molecular formula is C12H9F4N5. The third-order valence-corrected chi connectivity index (χ3v) is 3.14. The minimum Gasteiger partial charge on any atom is -0.369 e. The molecule has 2 heterocycles. The highest BCUT2D eigenvalue weighted by atomic mass is 19.2. The molecule has 3 aromatic rings. The van der Waals surface area contributed by atoms with Gasteiger partial charge in [-0.15, -0.1) is 0 Å². The van der Waals surface area contributed by atoms with E-state index in [0.29, 0.717) is 11.2 Å². The lowest BCUT2D eigenvalue weighted by Crippen LogP contribution is -2.11. The molecule has 0 aliphatic rings. The van der Waals surface area contributed by atoms with Gasteiger partial charge < -0.3 is 5.73 Å². The van der Waals surface area contributed by atoms with E-state index < -0.39 is 29.0 Å². The average molecular weight is 299 g/mol. The quantitative estimate of drug-likeness (QED) is 0.553. The van der Waals surface area contributed by atoms with Gasteiger partial charge in [-0.2, -0.15) is 5.10 Å². The number of halogens is 4. The molecule has 2 N–H and O–H groups in total. The molecule has 21 heavy (non-hydrogen) atoms. The Balaban J connectivity index is 2.49. The second-order valence-electron chi connectivity index (χ2n) is 4.50. The Morgan fingerprint density at radius 2 is 1.67 bits per heavy atom. The molecular weight excluding hydrogens is 290 g/mol. The second kappa shape index (κ2) is 4.21. The van der Waals surface area contributed by atoms with Crippen LogP contribution in [-0.2, 0) is 7.05 Å². The maximum atomic E-state index is 13.9. The first kappa shape index (κ1) is 13.4. The van der Waals surface area contributed by atoms with Crippen LogP contribution in [0, 0.1) is 30.2 Å². The molecule has 5 nitrogen and oxygen atoms in total. The predicted molar refractivity (Wildman–Crippen MR) is 66.8 cm³/mol. The third-order valence-electron chi connectivity index (χ3n) is 3.14. The van der Waals surface area contributed by atoms with E-state index in [-0.39, 0.29) is 17.7 Å². The number of aromatic nitrogens is 4. The van der Waals surface area contributed by atoms with Gasteiger partial charge in [0.15, 0.2) is 28.9 Å². The lowest BCUT2D eigenvalue weighted by Gasteiger charge is -2.10. The number of nitrogen functional groups attached to an aromatic ring is 1. The number of hydrogen-bond acceptors (Lipinski definition) is 3. The molecule has 2 aromatic heterocycles. The van der Waals surface area contributed by atoms with Gasteiger partial charge in [0.05, 0.1) is 5.69 Å². The summed E-state index contributed by atoms with van der Waals surface area (Å²) in [7, 11) is 1.50. The van der Waals surface area contributed by atoms with Crippen LogP contribution < -0.4 is 5.73 Å². The number of hydrogen-bond donors (Lipinski definition) is 1. The fourth-order valence-electron chi connectivity index (χ4n) is 2.27. The number of imidazole rings is 1. The normalized spacial score (nSPS) is 11.5. The van der Waals surface area contributed by atoms with Gasteiger partial charge in [0.2, 0.25) is 5.95 Å². The van der Waals surface area contributed by atoms with Crippen LogP contribution in [0.3, 0.4) is 0 Å². The zero-order chi connectivity index (χ0) is 15.5. The van der Waals surface area contributed by atoms with Crippen LogP contribution in [0.4, 0.5) is 23.5 Å². The Hall–Kier alpha value is -2.58. The Bertz CT molecular complexity index is 854. The topological polar surface area (TPSA) is 61.7 Å². The van der Waals surface area contributed by atoms with Gasteiger partial charge in [-0.1, -0.05) is 0 Å². The first-order chi connectivity index (χ1) is 9.82. The maximum absolute atomic E-state index is 13.9. The van der Waals surface area contributed by atoms with Crippen molar-refractivity contribution in [1.29, 1.82) is 0 Å².